The monoisotopic (exact) mass is 380 g/mol. The van der Waals surface area contributed by atoms with Crippen LogP contribution < -0.4 is 10.1 Å². The van der Waals surface area contributed by atoms with Gasteiger partial charge in [0, 0.05) is 18.5 Å². The zero-order valence-electron chi connectivity index (χ0n) is 15.7. The van der Waals surface area contributed by atoms with E-state index in [9.17, 15) is 9.59 Å². The summed E-state index contributed by atoms with van der Waals surface area (Å²) in [6, 6.07) is 5.01. The van der Waals surface area contributed by atoms with E-state index >= 15 is 0 Å². The quantitative estimate of drug-likeness (QED) is 0.722. The molecule has 1 aromatic rings. The number of anilines is 1. The van der Waals surface area contributed by atoms with Crippen LogP contribution in [0.15, 0.2) is 18.2 Å². The number of carbonyl (C=O) groups is 2. The van der Waals surface area contributed by atoms with Crippen LogP contribution in [0.1, 0.15) is 51.4 Å². The van der Waals surface area contributed by atoms with Gasteiger partial charge in [-0.15, -0.1) is 0 Å². The van der Waals surface area contributed by atoms with Gasteiger partial charge in [-0.25, -0.2) is 0 Å². The lowest BCUT2D eigenvalue weighted by Gasteiger charge is -2.22. The largest absolute Gasteiger partial charge is 0.495 e. The predicted octanol–water partition coefficient (Wildman–Crippen LogP) is 4.50. The summed E-state index contributed by atoms with van der Waals surface area (Å²) in [7, 11) is 3.19. The van der Waals surface area contributed by atoms with E-state index in [0.717, 1.165) is 18.8 Å². The summed E-state index contributed by atoms with van der Waals surface area (Å²) in [6.07, 6.45) is 9.12. The van der Waals surface area contributed by atoms with Gasteiger partial charge < -0.3 is 15.0 Å². The second kappa shape index (κ2) is 10.4. The summed E-state index contributed by atoms with van der Waals surface area (Å²) in [5.41, 5.74) is 0.503. The van der Waals surface area contributed by atoms with Gasteiger partial charge in [0.05, 0.1) is 19.3 Å². The van der Waals surface area contributed by atoms with Gasteiger partial charge in [0.2, 0.25) is 11.8 Å². The molecular formula is C20H29ClN2O3. The van der Waals surface area contributed by atoms with Crippen molar-refractivity contribution in [1.82, 2.24) is 4.90 Å². The highest BCUT2D eigenvalue weighted by atomic mass is 35.5. The molecule has 1 saturated carbocycles. The number of ether oxygens (including phenoxy) is 1. The number of nitrogens with one attached hydrogen (secondary N) is 1. The Morgan fingerprint density at radius 2 is 2.00 bits per heavy atom. The van der Waals surface area contributed by atoms with E-state index in [4.69, 9.17) is 16.3 Å². The molecule has 0 bridgehead atoms. The molecule has 1 aromatic carbocycles. The zero-order chi connectivity index (χ0) is 18.9. The smallest absolute Gasteiger partial charge is 0.244 e. The number of amides is 2. The normalized spacial score (nSPS) is 14.7. The first-order valence-corrected chi connectivity index (χ1v) is 9.74. The Labute approximate surface area is 161 Å². The fraction of sp³-hybridized carbons (Fsp3) is 0.600. The van der Waals surface area contributed by atoms with Crippen LogP contribution in [0.25, 0.3) is 0 Å². The van der Waals surface area contributed by atoms with Crippen LogP contribution >= 0.6 is 11.6 Å². The third kappa shape index (κ3) is 6.52. The van der Waals surface area contributed by atoms with Crippen LogP contribution in [0.2, 0.25) is 5.02 Å². The second-order valence-corrected chi connectivity index (χ2v) is 7.48. The van der Waals surface area contributed by atoms with Crippen molar-refractivity contribution in [2.45, 2.75) is 51.4 Å². The van der Waals surface area contributed by atoms with Gasteiger partial charge in [0.1, 0.15) is 5.75 Å². The molecule has 0 aromatic heterocycles. The summed E-state index contributed by atoms with van der Waals surface area (Å²) in [6.45, 7) is 0.0118. The number of benzene rings is 1. The molecule has 2 rings (SSSR count). The highest BCUT2D eigenvalue weighted by molar-refractivity contribution is 6.31. The number of hydrogen-bond donors (Lipinski definition) is 1. The van der Waals surface area contributed by atoms with Crippen LogP contribution in [0, 0.1) is 5.92 Å². The van der Waals surface area contributed by atoms with E-state index < -0.39 is 0 Å². The molecule has 0 saturated heterocycles. The van der Waals surface area contributed by atoms with Crippen LogP contribution in [0.3, 0.4) is 0 Å². The molecule has 1 aliphatic rings. The lowest BCUT2D eigenvalue weighted by Crippen LogP contribution is -2.34. The number of carbonyl (C=O) groups excluding carboxylic acids is 2. The van der Waals surface area contributed by atoms with Crippen molar-refractivity contribution in [2.75, 3.05) is 26.0 Å². The fourth-order valence-corrected chi connectivity index (χ4v) is 3.65. The van der Waals surface area contributed by atoms with Gasteiger partial charge in [-0.1, -0.05) is 43.7 Å². The zero-order valence-corrected chi connectivity index (χ0v) is 16.5. The standard InChI is InChI=1S/C20H29ClN2O3/c1-23(20(25)10-6-9-15-7-4-3-5-8-15)14-19(24)22-17-13-16(21)11-12-18(17)26-2/h11-13,15H,3-10,14H2,1-2H3,(H,22,24). The van der Waals surface area contributed by atoms with Crippen molar-refractivity contribution < 1.29 is 14.3 Å². The summed E-state index contributed by atoms with van der Waals surface area (Å²) in [5, 5.41) is 3.26. The number of hydrogen-bond acceptors (Lipinski definition) is 3. The van der Waals surface area contributed by atoms with Crippen LogP contribution in [0.5, 0.6) is 5.75 Å². The number of rotatable bonds is 8. The fourth-order valence-electron chi connectivity index (χ4n) is 3.48. The van der Waals surface area contributed by atoms with Crippen molar-refractivity contribution in [3.63, 3.8) is 0 Å². The minimum atomic E-state index is -0.270. The van der Waals surface area contributed by atoms with E-state index in [1.54, 1.807) is 25.2 Å². The summed E-state index contributed by atoms with van der Waals surface area (Å²) < 4.78 is 5.21. The van der Waals surface area contributed by atoms with Crippen LogP contribution in [0.4, 0.5) is 5.69 Å². The molecule has 1 aliphatic carbocycles. The molecule has 0 radical (unpaired) electrons. The number of nitrogens with zero attached hydrogens (tertiary/aromatic N) is 1. The Kier molecular flexibility index (Phi) is 8.23. The third-order valence-electron chi connectivity index (χ3n) is 4.97. The first-order valence-electron chi connectivity index (χ1n) is 9.37. The Bertz CT molecular complexity index is 615. The SMILES string of the molecule is COc1ccc(Cl)cc1NC(=O)CN(C)C(=O)CCCC1CCCCC1. The predicted molar refractivity (Wildman–Crippen MR) is 105 cm³/mol. The average Bonchev–Trinajstić information content (AvgIpc) is 2.62. The van der Waals surface area contributed by atoms with Gasteiger partial charge in [0.25, 0.3) is 0 Å². The minimum Gasteiger partial charge on any atom is -0.495 e. The molecule has 0 heterocycles. The maximum atomic E-state index is 12.2. The van der Waals surface area contributed by atoms with Gasteiger partial charge in [0.15, 0.2) is 0 Å². The summed E-state index contributed by atoms with van der Waals surface area (Å²) >= 11 is 5.96. The molecule has 0 aliphatic heterocycles. The van der Waals surface area contributed by atoms with E-state index in [1.165, 1.54) is 44.1 Å². The lowest BCUT2D eigenvalue weighted by atomic mass is 9.86. The molecule has 26 heavy (non-hydrogen) atoms. The maximum absolute atomic E-state index is 12.2. The van der Waals surface area contributed by atoms with Gasteiger partial charge in [-0.3, -0.25) is 9.59 Å². The van der Waals surface area contributed by atoms with Crippen molar-refractivity contribution >= 4 is 29.1 Å². The van der Waals surface area contributed by atoms with Gasteiger partial charge in [-0.05, 0) is 37.0 Å². The van der Waals surface area contributed by atoms with E-state index in [-0.39, 0.29) is 18.4 Å². The van der Waals surface area contributed by atoms with Crippen molar-refractivity contribution in [1.29, 1.82) is 0 Å². The molecule has 0 unspecified atom stereocenters. The maximum Gasteiger partial charge on any atom is 0.244 e. The highest BCUT2D eigenvalue weighted by Crippen LogP contribution is 2.28. The molecule has 2 amide bonds. The molecule has 1 fully saturated rings. The Balaban J connectivity index is 1.75. The molecule has 0 spiro atoms. The second-order valence-electron chi connectivity index (χ2n) is 7.04. The van der Waals surface area contributed by atoms with Crippen LogP contribution in [-0.4, -0.2) is 37.4 Å². The van der Waals surface area contributed by atoms with Crippen molar-refractivity contribution in [3.05, 3.63) is 23.2 Å². The summed E-state index contributed by atoms with van der Waals surface area (Å²) in [4.78, 5) is 26.0. The third-order valence-corrected chi connectivity index (χ3v) is 5.21. The van der Waals surface area contributed by atoms with Crippen molar-refractivity contribution in [3.8, 4) is 5.75 Å². The van der Waals surface area contributed by atoms with E-state index in [0.29, 0.717) is 22.9 Å². The van der Waals surface area contributed by atoms with E-state index in [2.05, 4.69) is 5.32 Å². The molecule has 1 N–H and O–H groups in total. The van der Waals surface area contributed by atoms with Gasteiger partial charge in [-0.2, -0.15) is 0 Å². The first kappa shape index (κ1) is 20.6. The number of halogens is 1. The Morgan fingerprint density at radius 1 is 1.27 bits per heavy atom. The highest BCUT2D eigenvalue weighted by Gasteiger charge is 2.17. The molecule has 5 nitrogen and oxygen atoms in total. The Hall–Kier alpha value is -1.75. The molecule has 0 atom stereocenters. The summed E-state index contributed by atoms with van der Waals surface area (Å²) in [5.74, 6) is 1.05. The van der Waals surface area contributed by atoms with E-state index in [1.807, 2.05) is 0 Å². The van der Waals surface area contributed by atoms with Gasteiger partial charge >= 0.3 is 0 Å². The van der Waals surface area contributed by atoms with Crippen LogP contribution in [-0.2, 0) is 9.59 Å². The average molecular weight is 381 g/mol. The minimum absolute atomic E-state index is 0.00835. The number of likely N-dealkylation sites (N-methyl/N-ethyl adjacent to an activating group) is 1. The molecule has 6 heteroatoms. The topological polar surface area (TPSA) is 58.6 Å². The molecular weight excluding hydrogens is 352 g/mol. The lowest BCUT2D eigenvalue weighted by molar-refractivity contribution is -0.133. The Morgan fingerprint density at radius 3 is 2.69 bits per heavy atom. The number of methoxy groups -OCH3 is 1. The first-order chi connectivity index (χ1) is 12.5. The van der Waals surface area contributed by atoms with Crippen molar-refractivity contribution in [2.24, 2.45) is 5.92 Å². The molecule has 144 valence electrons.